The van der Waals surface area contributed by atoms with Crippen molar-refractivity contribution in [3.63, 3.8) is 0 Å². The average Bonchev–Trinajstić information content (AvgIpc) is 2.74. The van der Waals surface area contributed by atoms with E-state index in [9.17, 15) is 9.18 Å². The molecule has 0 fully saturated rings. The largest absolute Gasteiger partial charge is 0.383 e. The first-order valence-electron chi connectivity index (χ1n) is 6.95. The highest BCUT2D eigenvalue weighted by molar-refractivity contribution is 7.09. The molecule has 1 aromatic carbocycles. The molecular weight excluding hydrogens is 303 g/mol. The maximum absolute atomic E-state index is 13.6. The molecule has 2 aromatic rings. The van der Waals surface area contributed by atoms with Crippen LogP contribution in [0, 0.1) is 26.6 Å². The molecule has 0 spiro atoms. The first-order chi connectivity index (χ1) is 10.5. The summed E-state index contributed by atoms with van der Waals surface area (Å²) in [6.07, 6.45) is 0. The summed E-state index contributed by atoms with van der Waals surface area (Å²) in [5.41, 5.74) is 1.68. The van der Waals surface area contributed by atoms with Gasteiger partial charge in [0.25, 0.3) is 5.91 Å². The van der Waals surface area contributed by atoms with Crippen molar-refractivity contribution in [1.82, 2.24) is 4.57 Å². The first kappa shape index (κ1) is 16.6. The Morgan fingerprint density at radius 2 is 2.09 bits per heavy atom. The number of aromatic nitrogens is 1. The molecule has 2 rings (SSSR count). The summed E-state index contributed by atoms with van der Waals surface area (Å²) in [7, 11) is 1.63. The first-order valence-corrected chi connectivity index (χ1v) is 7.77. The highest BCUT2D eigenvalue weighted by Crippen LogP contribution is 2.14. The van der Waals surface area contributed by atoms with E-state index in [-0.39, 0.29) is 0 Å². The van der Waals surface area contributed by atoms with Gasteiger partial charge >= 0.3 is 0 Å². The van der Waals surface area contributed by atoms with Crippen molar-refractivity contribution in [2.75, 3.05) is 13.7 Å². The molecule has 1 amide bonds. The van der Waals surface area contributed by atoms with Gasteiger partial charge in [0, 0.05) is 29.8 Å². The quantitative estimate of drug-likeness (QED) is 0.868. The van der Waals surface area contributed by atoms with E-state index < -0.39 is 11.7 Å². The van der Waals surface area contributed by atoms with Crippen LogP contribution >= 0.6 is 11.3 Å². The van der Waals surface area contributed by atoms with E-state index in [0.717, 1.165) is 10.6 Å². The predicted molar refractivity (Wildman–Crippen MR) is 84.7 cm³/mol. The van der Waals surface area contributed by atoms with E-state index in [1.807, 2.05) is 18.4 Å². The molecular formula is C16H19FN2O2S. The molecule has 118 valence electrons. The second-order valence-electron chi connectivity index (χ2n) is 5.00. The highest BCUT2D eigenvalue weighted by atomic mass is 32.1. The van der Waals surface area contributed by atoms with E-state index in [1.165, 1.54) is 23.5 Å². The molecule has 0 radical (unpaired) electrons. The third-order valence-electron chi connectivity index (χ3n) is 3.60. The Bertz CT molecular complexity index is 762. The van der Waals surface area contributed by atoms with E-state index in [4.69, 9.17) is 4.74 Å². The third-order valence-corrected chi connectivity index (χ3v) is 4.70. The number of carbonyl (C=O) groups is 1. The van der Waals surface area contributed by atoms with Crippen LogP contribution in [-0.4, -0.2) is 24.2 Å². The summed E-state index contributed by atoms with van der Waals surface area (Å²) in [5, 5.41) is 0. The molecule has 0 atom stereocenters. The Morgan fingerprint density at radius 1 is 1.36 bits per heavy atom. The van der Waals surface area contributed by atoms with Gasteiger partial charge in [0.1, 0.15) is 5.82 Å². The van der Waals surface area contributed by atoms with Gasteiger partial charge in [0.05, 0.1) is 6.61 Å². The number of aryl methyl sites for hydroxylation is 1. The second-order valence-corrected chi connectivity index (χ2v) is 6.18. The second kappa shape index (κ2) is 6.98. The highest BCUT2D eigenvalue weighted by Gasteiger charge is 2.13. The third kappa shape index (κ3) is 3.34. The SMILES string of the molecule is COCCn1c(C)c(C)sc1=NC(=O)c1cccc(F)c1C. The number of carbonyl (C=O) groups excluding carboxylic acids is 1. The van der Waals surface area contributed by atoms with Crippen molar-refractivity contribution in [2.45, 2.75) is 27.3 Å². The Balaban J connectivity index is 2.46. The van der Waals surface area contributed by atoms with Gasteiger partial charge in [0.15, 0.2) is 4.80 Å². The fourth-order valence-electron chi connectivity index (χ4n) is 2.11. The lowest BCUT2D eigenvalue weighted by atomic mass is 10.1. The van der Waals surface area contributed by atoms with Crippen LogP contribution in [0.3, 0.4) is 0 Å². The summed E-state index contributed by atoms with van der Waals surface area (Å²) in [6.45, 7) is 6.72. The number of methoxy groups -OCH3 is 1. The number of benzene rings is 1. The van der Waals surface area contributed by atoms with Crippen LogP contribution in [0.5, 0.6) is 0 Å². The van der Waals surface area contributed by atoms with Crippen molar-refractivity contribution in [3.8, 4) is 0 Å². The molecule has 6 heteroatoms. The molecule has 22 heavy (non-hydrogen) atoms. The fraction of sp³-hybridized carbons (Fsp3) is 0.375. The Hall–Kier alpha value is -1.79. The van der Waals surface area contributed by atoms with Crippen molar-refractivity contribution in [3.05, 3.63) is 50.5 Å². The molecule has 0 aliphatic carbocycles. The minimum Gasteiger partial charge on any atom is -0.383 e. The zero-order valence-corrected chi connectivity index (χ0v) is 14.0. The predicted octanol–water partition coefficient (Wildman–Crippen LogP) is 3.00. The normalized spacial score (nSPS) is 12.0. The zero-order valence-electron chi connectivity index (χ0n) is 13.1. The van der Waals surface area contributed by atoms with Crippen LogP contribution in [0.15, 0.2) is 23.2 Å². The van der Waals surface area contributed by atoms with Gasteiger partial charge in [-0.25, -0.2) is 4.39 Å². The Kier molecular flexibility index (Phi) is 5.26. The molecule has 0 unspecified atom stereocenters. The summed E-state index contributed by atoms with van der Waals surface area (Å²) >= 11 is 1.45. The van der Waals surface area contributed by atoms with E-state index in [2.05, 4.69) is 4.99 Å². The minimum absolute atomic E-state index is 0.294. The van der Waals surface area contributed by atoms with Crippen molar-refractivity contribution < 1.29 is 13.9 Å². The smallest absolute Gasteiger partial charge is 0.280 e. The molecule has 0 N–H and O–H groups in total. The van der Waals surface area contributed by atoms with E-state index >= 15 is 0 Å². The maximum Gasteiger partial charge on any atom is 0.280 e. The average molecular weight is 322 g/mol. The number of ether oxygens (including phenoxy) is 1. The monoisotopic (exact) mass is 322 g/mol. The van der Waals surface area contributed by atoms with Crippen LogP contribution in [0.4, 0.5) is 4.39 Å². The van der Waals surface area contributed by atoms with Gasteiger partial charge < -0.3 is 9.30 Å². The fourth-order valence-corrected chi connectivity index (χ4v) is 3.11. The van der Waals surface area contributed by atoms with Gasteiger partial charge in [-0.15, -0.1) is 11.3 Å². The molecule has 0 aliphatic heterocycles. The number of halogens is 1. The minimum atomic E-state index is -0.426. The Labute approximate surface area is 132 Å². The van der Waals surface area contributed by atoms with Crippen LogP contribution in [-0.2, 0) is 11.3 Å². The lowest BCUT2D eigenvalue weighted by molar-refractivity contribution is 0.0996. The van der Waals surface area contributed by atoms with E-state index in [0.29, 0.717) is 29.1 Å². The zero-order chi connectivity index (χ0) is 16.3. The molecule has 4 nitrogen and oxygen atoms in total. The number of rotatable bonds is 4. The molecule has 1 heterocycles. The van der Waals surface area contributed by atoms with Gasteiger partial charge in [-0.3, -0.25) is 4.79 Å². The topological polar surface area (TPSA) is 43.6 Å². The van der Waals surface area contributed by atoms with Gasteiger partial charge in [-0.1, -0.05) is 6.07 Å². The molecule has 1 aromatic heterocycles. The summed E-state index contributed by atoms with van der Waals surface area (Å²) in [5.74, 6) is -0.823. The van der Waals surface area contributed by atoms with Gasteiger partial charge in [-0.2, -0.15) is 4.99 Å². The van der Waals surface area contributed by atoms with Crippen LogP contribution in [0.1, 0.15) is 26.5 Å². The molecule has 0 saturated heterocycles. The number of hydrogen-bond donors (Lipinski definition) is 0. The van der Waals surface area contributed by atoms with Crippen molar-refractivity contribution in [2.24, 2.45) is 4.99 Å². The summed E-state index contributed by atoms with van der Waals surface area (Å²) in [4.78, 5) is 18.3. The number of thiazole rings is 1. The Morgan fingerprint density at radius 3 is 2.77 bits per heavy atom. The molecule has 0 aliphatic rings. The molecule has 0 bridgehead atoms. The van der Waals surface area contributed by atoms with Gasteiger partial charge in [0.2, 0.25) is 0 Å². The summed E-state index contributed by atoms with van der Waals surface area (Å²) < 4.78 is 20.6. The maximum atomic E-state index is 13.6. The van der Waals surface area contributed by atoms with Crippen LogP contribution in [0.2, 0.25) is 0 Å². The number of nitrogens with zero attached hydrogens (tertiary/aromatic N) is 2. The molecule has 0 saturated carbocycles. The van der Waals surface area contributed by atoms with Crippen molar-refractivity contribution in [1.29, 1.82) is 0 Å². The standard InChI is InChI=1S/C16H19FN2O2S/c1-10-13(6-5-7-14(10)17)15(20)18-16-19(8-9-21-4)11(2)12(3)22-16/h5-7H,8-9H2,1-4H3. The van der Waals surface area contributed by atoms with Crippen LogP contribution < -0.4 is 4.80 Å². The number of amides is 1. The number of hydrogen-bond acceptors (Lipinski definition) is 3. The lowest BCUT2D eigenvalue weighted by Gasteiger charge is -2.05. The lowest BCUT2D eigenvalue weighted by Crippen LogP contribution is -2.21. The van der Waals surface area contributed by atoms with Crippen LogP contribution in [0.25, 0.3) is 0 Å². The van der Waals surface area contributed by atoms with E-state index in [1.54, 1.807) is 20.1 Å². The van der Waals surface area contributed by atoms with Gasteiger partial charge in [-0.05, 0) is 38.5 Å². The van der Waals surface area contributed by atoms with Crippen molar-refractivity contribution >= 4 is 17.2 Å². The summed E-state index contributed by atoms with van der Waals surface area (Å²) in [6, 6.07) is 4.45.